The van der Waals surface area contributed by atoms with E-state index in [2.05, 4.69) is 4.74 Å². The van der Waals surface area contributed by atoms with Crippen molar-refractivity contribution in [2.75, 3.05) is 7.11 Å². The van der Waals surface area contributed by atoms with Crippen molar-refractivity contribution >= 4 is 11.8 Å². The van der Waals surface area contributed by atoms with E-state index in [1.54, 1.807) is 20.8 Å². The van der Waals surface area contributed by atoms with Crippen LogP contribution in [0, 0.1) is 5.41 Å². The summed E-state index contributed by atoms with van der Waals surface area (Å²) in [5, 5.41) is 9.30. The highest BCUT2D eigenvalue weighted by molar-refractivity contribution is 5.90. The number of Topliss-reactive ketones (excluding diaryl/α,β-unsaturated/α-hetero) is 1. The monoisotopic (exact) mass is 188 g/mol. The molecule has 0 saturated carbocycles. The number of hydrogen-bond acceptors (Lipinski definition) is 4. The van der Waals surface area contributed by atoms with Gasteiger partial charge in [-0.15, -0.1) is 0 Å². The van der Waals surface area contributed by atoms with Gasteiger partial charge in [-0.25, -0.2) is 0 Å². The molecule has 0 bridgehead atoms. The van der Waals surface area contributed by atoms with E-state index in [1.165, 1.54) is 7.11 Å². The largest absolute Gasteiger partial charge is 0.469 e. The van der Waals surface area contributed by atoms with Gasteiger partial charge in [0.05, 0.1) is 13.5 Å². The number of ether oxygens (including phenoxy) is 1. The standard InChI is InChI=1S/C9H16O4/c1-9(2,3)8(12)6(10)5-7(11)13-4/h6,10H,5H2,1-4H3/t6-/m0/s1. The smallest absolute Gasteiger partial charge is 0.308 e. The number of aliphatic hydroxyl groups excluding tert-OH is 1. The molecular formula is C9H16O4. The van der Waals surface area contributed by atoms with Crippen molar-refractivity contribution in [2.24, 2.45) is 5.41 Å². The summed E-state index contributed by atoms with van der Waals surface area (Å²) in [5.74, 6) is -0.928. The predicted octanol–water partition coefficient (Wildman–Crippen LogP) is 0.526. The van der Waals surface area contributed by atoms with Gasteiger partial charge in [0, 0.05) is 5.41 Å². The normalized spacial score (nSPS) is 13.6. The average Bonchev–Trinajstić information content (AvgIpc) is 2.01. The highest BCUT2D eigenvalue weighted by Gasteiger charge is 2.29. The third kappa shape index (κ3) is 4.03. The number of methoxy groups -OCH3 is 1. The molecule has 0 spiro atoms. The molecular weight excluding hydrogens is 172 g/mol. The van der Waals surface area contributed by atoms with Crippen molar-refractivity contribution in [1.29, 1.82) is 0 Å². The lowest BCUT2D eigenvalue weighted by atomic mass is 9.87. The zero-order valence-electron chi connectivity index (χ0n) is 8.46. The van der Waals surface area contributed by atoms with Crippen molar-refractivity contribution in [3.8, 4) is 0 Å². The minimum absolute atomic E-state index is 0.271. The molecule has 0 rings (SSSR count). The molecule has 0 aliphatic carbocycles. The molecule has 0 amide bonds. The lowest BCUT2D eigenvalue weighted by Crippen LogP contribution is -2.34. The Kier molecular flexibility index (Phi) is 4.07. The molecule has 0 saturated heterocycles. The van der Waals surface area contributed by atoms with Gasteiger partial charge in [0.2, 0.25) is 0 Å². The molecule has 4 heteroatoms. The van der Waals surface area contributed by atoms with Crippen LogP contribution in [0.4, 0.5) is 0 Å². The lowest BCUT2D eigenvalue weighted by molar-refractivity contribution is -0.148. The van der Waals surface area contributed by atoms with Crippen LogP contribution in [-0.4, -0.2) is 30.1 Å². The van der Waals surface area contributed by atoms with E-state index in [9.17, 15) is 14.7 Å². The summed E-state index contributed by atoms with van der Waals surface area (Å²) in [6.45, 7) is 5.07. The van der Waals surface area contributed by atoms with Crippen LogP contribution in [-0.2, 0) is 14.3 Å². The maximum absolute atomic E-state index is 11.4. The lowest BCUT2D eigenvalue weighted by Gasteiger charge is -2.19. The maximum Gasteiger partial charge on any atom is 0.308 e. The van der Waals surface area contributed by atoms with Gasteiger partial charge in [0.25, 0.3) is 0 Å². The molecule has 0 aliphatic rings. The van der Waals surface area contributed by atoms with Crippen LogP contribution in [0.15, 0.2) is 0 Å². The van der Waals surface area contributed by atoms with Gasteiger partial charge in [-0.2, -0.15) is 0 Å². The van der Waals surface area contributed by atoms with Crippen molar-refractivity contribution in [3.05, 3.63) is 0 Å². The van der Waals surface area contributed by atoms with Gasteiger partial charge >= 0.3 is 5.97 Å². The number of esters is 1. The molecule has 0 aliphatic heterocycles. The van der Waals surface area contributed by atoms with Crippen LogP contribution in [0.3, 0.4) is 0 Å². The molecule has 1 atom stereocenters. The first-order valence-corrected chi connectivity index (χ1v) is 4.08. The van der Waals surface area contributed by atoms with Crippen molar-refractivity contribution in [1.82, 2.24) is 0 Å². The number of aliphatic hydroxyl groups is 1. The number of rotatable bonds is 3. The predicted molar refractivity (Wildman–Crippen MR) is 47.1 cm³/mol. The summed E-state index contributed by atoms with van der Waals surface area (Å²) in [4.78, 5) is 22.1. The van der Waals surface area contributed by atoms with E-state index in [-0.39, 0.29) is 12.2 Å². The zero-order valence-corrected chi connectivity index (χ0v) is 8.46. The third-order valence-corrected chi connectivity index (χ3v) is 1.63. The number of hydrogen-bond donors (Lipinski definition) is 1. The summed E-state index contributed by atoms with van der Waals surface area (Å²) in [7, 11) is 1.22. The summed E-state index contributed by atoms with van der Waals surface area (Å²) in [6, 6.07) is 0. The SMILES string of the molecule is COC(=O)C[C@H](O)C(=O)C(C)(C)C. The van der Waals surface area contributed by atoms with E-state index >= 15 is 0 Å². The molecule has 0 aromatic rings. The molecule has 1 N–H and O–H groups in total. The Morgan fingerprint density at radius 3 is 2.15 bits per heavy atom. The van der Waals surface area contributed by atoms with Crippen LogP contribution in [0.25, 0.3) is 0 Å². The van der Waals surface area contributed by atoms with Gasteiger partial charge in [0.1, 0.15) is 6.10 Å². The zero-order chi connectivity index (χ0) is 10.6. The summed E-state index contributed by atoms with van der Waals surface area (Å²) >= 11 is 0. The fraction of sp³-hybridized carbons (Fsp3) is 0.778. The average molecular weight is 188 g/mol. The molecule has 0 heterocycles. The quantitative estimate of drug-likeness (QED) is 0.656. The van der Waals surface area contributed by atoms with Crippen LogP contribution in [0.5, 0.6) is 0 Å². The van der Waals surface area contributed by atoms with E-state index in [0.717, 1.165) is 0 Å². The number of ketones is 1. The van der Waals surface area contributed by atoms with Crippen LogP contribution < -0.4 is 0 Å². The Morgan fingerprint density at radius 1 is 1.38 bits per heavy atom. The second-order valence-corrected chi connectivity index (χ2v) is 3.91. The van der Waals surface area contributed by atoms with Gasteiger partial charge in [-0.05, 0) is 0 Å². The van der Waals surface area contributed by atoms with E-state index in [1.807, 2.05) is 0 Å². The highest BCUT2D eigenvalue weighted by Crippen LogP contribution is 2.18. The Bertz CT molecular complexity index is 202. The Hall–Kier alpha value is -0.900. The number of carbonyl (C=O) groups is 2. The molecule has 4 nitrogen and oxygen atoms in total. The first-order valence-electron chi connectivity index (χ1n) is 4.08. The van der Waals surface area contributed by atoms with Gasteiger partial charge in [-0.1, -0.05) is 20.8 Å². The van der Waals surface area contributed by atoms with Crippen molar-refractivity contribution in [2.45, 2.75) is 33.3 Å². The Labute approximate surface area is 77.9 Å². The molecule has 0 radical (unpaired) electrons. The van der Waals surface area contributed by atoms with Crippen LogP contribution in [0.2, 0.25) is 0 Å². The fourth-order valence-electron chi connectivity index (χ4n) is 0.834. The summed E-state index contributed by atoms with van der Waals surface area (Å²) in [6.07, 6.45) is -1.53. The Morgan fingerprint density at radius 2 is 1.85 bits per heavy atom. The van der Waals surface area contributed by atoms with Crippen LogP contribution >= 0.6 is 0 Å². The molecule has 13 heavy (non-hydrogen) atoms. The van der Waals surface area contributed by atoms with Gasteiger partial charge < -0.3 is 9.84 Å². The minimum atomic E-state index is -1.26. The summed E-state index contributed by atoms with van der Waals surface area (Å²) < 4.78 is 4.33. The number of carbonyl (C=O) groups excluding carboxylic acids is 2. The fourth-order valence-corrected chi connectivity index (χ4v) is 0.834. The molecule has 76 valence electrons. The van der Waals surface area contributed by atoms with Crippen molar-refractivity contribution < 1.29 is 19.4 Å². The summed E-state index contributed by atoms with van der Waals surface area (Å²) in [5.41, 5.74) is -0.632. The van der Waals surface area contributed by atoms with E-state index < -0.39 is 17.5 Å². The second kappa shape index (κ2) is 4.37. The molecule has 0 aromatic carbocycles. The first-order chi connectivity index (χ1) is 5.79. The molecule has 0 fully saturated rings. The molecule has 0 unspecified atom stereocenters. The minimum Gasteiger partial charge on any atom is -0.469 e. The van der Waals surface area contributed by atoms with E-state index in [0.29, 0.717) is 0 Å². The van der Waals surface area contributed by atoms with Crippen LogP contribution in [0.1, 0.15) is 27.2 Å². The third-order valence-electron chi connectivity index (χ3n) is 1.63. The highest BCUT2D eigenvalue weighted by atomic mass is 16.5. The topological polar surface area (TPSA) is 63.6 Å². The first kappa shape index (κ1) is 12.1. The van der Waals surface area contributed by atoms with Gasteiger partial charge in [-0.3, -0.25) is 9.59 Å². The van der Waals surface area contributed by atoms with Gasteiger partial charge in [0.15, 0.2) is 5.78 Å². The van der Waals surface area contributed by atoms with E-state index in [4.69, 9.17) is 0 Å². The maximum atomic E-state index is 11.4. The second-order valence-electron chi connectivity index (χ2n) is 3.91. The Balaban J connectivity index is 4.20. The van der Waals surface area contributed by atoms with Crippen molar-refractivity contribution in [3.63, 3.8) is 0 Å². The molecule has 0 aromatic heterocycles.